The van der Waals surface area contributed by atoms with Crippen LogP contribution in [-0.2, 0) is 4.74 Å². The van der Waals surface area contributed by atoms with Gasteiger partial charge >= 0.3 is 0 Å². The molecule has 2 heterocycles. The molecule has 0 spiro atoms. The summed E-state index contributed by atoms with van der Waals surface area (Å²) in [5.74, 6) is -0.267. The molecule has 1 aliphatic rings. The van der Waals surface area contributed by atoms with E-state index in [1.165, 1.54) is 12.8 Å². The number of aromatic nitrogens is 3. The van der Waals surface area contributed by atoms with E-state index in [1.807, 2.05) is 0 Å². The van der Waals surface area contributed by atoms with Gasteiger partial charge in [-0.1, -0.05) is 39.0 Å². The number of aromatic amines is 1. The van der Waals surface area contributed by atoms with Crippen LogP contribution in [0.3, 0.4) is 0 Å². The first-order chi connectivity index (χ1) is 11.6. The molecule has 2 unspecified atom stereocenters. The minimum Gasteiger partial charge on any atom is -0.394 e. The Labute approximate surface area is 141 Å². The number of hydrogen-bond acceptors (Lipinski definition) is 7. The van der Waals surface area contributed by atoms with Crippen molar-refractivity contribution in [2.24, 2.45) is 0 Å². The largest absolute Gasteiger partial charge is 0.394 e. The van der Waals surface area contributed by atoms with E-state index in [4.69, 9.17) is 4.74 Å². The Kier molecular flexibility index (Phi) is 7.57. The summed E-state index contributed by atoms with van der Waals surface area (Å²) in [5, 5.41) is 50.1. The summed E-state index contributed by atoms with van der Waals surface area (Å²) in [4.78, 5) is 0. The van der Waals surface area contributed by atoms with Gasteiger partial charge in [0.1, 0.15) is 24.4 Å². The second kappa shape index (κ2) is 9.43. The fraction of sp³-hybridized carbons (Fsp3) is 0.875. The number of nitrogens with one attached hydrogen (secondary N) is 1. The van der Waals surface area contributed by atoms with E-state index in [0.717, 1.165) is 25.7 Å². The quantitative estimate of drug-likeness (QED) is 0.402. The van der Waals surface area contributed by atoms with Crippen LogP contribution in [0.25, 0.3) is 0 Å². The lowest BCUT2D eigenvalue weighted by Gasteiger charge is -2.42. The van der Waals surface area contributed by atoms with Crippen molar-refractivity contribution in [1.82, 2.24) is 15.4 Å². The lowest BCUT2D eigenvalue weighted by molar-refractivity contribution is -0.235. The smallest absolute Gasteiger partial charge is 0.111 e. The molecule has 0 saturated carbocycles. The molecule has 0 amide bonds. The highest BCUT2D eigenvalue weighted by atomic mass is 16.5. The number of hydrogen-bond donors (Lipinski definition) is 5. The fourth-order valence-electron chi connectivity index (χ4n) is 3.30. The van der Waals surface area contributed by atoms with Crippen LogP contribution < -0.4 is 0 Å². The SMILES string of the molecule is CCCCCCCC(c1cn[nH]n1)C1O[C@H](CO)[C@@H](O)[C@H](O)[C@H]1O. The number of aliphatic hydroxyl groups is 4. The Hall–Kier alpha value is -1.06. The summed E-state index contributed by atoms with van der Waals surface area (Å²) in [5.41, 5.74) is 0.648. The zero-order valence-electron chi connectivity index (χ0n) is 14.1. The first-order valence-corrected chi connectivity index (χ1v) is 8.76. The average Bonchev–Trinajstić information content (AvgIpc) is 3.11. The third-order valence-electron chi connectivity index (χ3n) is 4.76. The van der Waals surface area contributed by atoms with Crippen LogP contribution in [0.15, 0.2) is 6.20 Å². The number of ether oxygens (including phenoxy) is 1. The highest BCUT2D eigenvalue weighted by Crippen LogP contribution is 2.34. The van der Waals surface area contributed by atoms with E-state index in [0.29, 0.717) is 5.69 Å². The second-order valence-electron chi connectivity index (χ2n) is 6.50. The number of unbranched alkanes of at least 4 members (excludes halogenated alkanes) is 4. The van der Waals surface area contributed by atoms with Gasteiger partial charge in [0, 0.05) is 5.92 Å². The molecule has 1 saturated heterocycles. The summed E-state index contributed by atoms with van der Waals surface area (Å²) in [7, 11) is 0. The fourth-order valence-corrected chi connectivity index (χ4v) is 3.30. The molecule has 0 bridgehead atoms. The van der Waals surface area contributed by atoms with Crippen molar-refractivity contribution in [1.29, 1.82) is 0 Å². The van der Waals surface area contributed by atoms with Crippen LogP contribution in [0.4, 0.5) is 0 Å². The molecule has 8 nitrogen and oxygen atoms in total. The van der Waals surface area contributed by atoms with Crippen molar-refractivity contribution in [2.45, 2.75) is 81.9 Å². The first-order valence-electron chi connectivity index (χ1n) is 8.76. The molecule has 24 heavy (non-hydrogen) atoms. The molecule has 0 aromatic carbocycles. The van der Waals surface area contributed by atoms with Crippen LogP contribution in [0.5, 0.6) is 0 Å². The zero-order chi connectivity index (χ0) is 17.5. The van der Waals surface area contributed by atoms with Crippen molar-refractivity contribution < 1.29 is 25.2 Å². The molecule has 1 fully saturated rings. The Balaban J connectivity index is 2.07. The van der Waals surface area contributed by atoms with Gasteiger partial charge in [-0.15, -0.1) is 0 Å². The number of aliphatic hydroxyl groups excluding tert-OH is 4. The average molecular weight is 343 g/mol. The Bertz CT molecular complexity index is 457. The summed E-state index contributed by atoms with van der Waals surface area (Å²) in [6.45, 7) is 1.73. The third-order valence-corrected chi connectivity index (χ3v) is 4.76. The molecule has 6 atom stereocenters. The highest BCUT2D eigenvalue weighted by Gasteiger charge is 2.46. The predicted octanol–water partition coefficient (Wildman–Crippen LogP) is 0.0912. The molecular formula is C16H29N3O5. The molecule has 0 aliphatic carbocycles. The molecule has 8 heteroatoms. The molecule has 2 rings (SSSR count). The van der Waals surface area contributed by atoms with Gasteiger partial charge in [-0.05, 0) is 6.42 Å². The van der Waals surface area contributed by atoms with Gasteiger partial charge in [0.2, 0.25) is 0 Å². The predicted molar refractivity (Wildman–Crippen MR) is 86.3 cm³/mol. The van der Waals surface area contributed by atoms with Gasteiger partial charge < -0.3 is 25.2 Å². The van der Waals surface area contributed by atoms with Gasteiger partial charge in [-0.2, -0.15) is 15.4 Å². The van der Waals surface area contributed by atoms with Gasteiger partial charge in [0.05, 0.1) is 24.6 Å². The molecule has 5 N–H and O–H groups in total. The second-order valence-corrected chi connectivity index (χ2v) is 6.50. The van der Waals surface area contributed by atoms with Crippen molar-refractivity contribution in [3.63, 3.8) is 0 Å². The van der Waals surface area contributed by atoms with E-state index in [-0.39, 0.29) is 5.92 Å². The summed E-state index contributed by atoms with van der Waals surface area (Å²) in [6.07, 6.45) is 2.20. The molecule has 0 radical (unpaired) electrons. The topological polar surface area (TPSA) is 132 Å². The first kappa shape index (κ1) is 19.3. The van der Waals surface area contributed by atoms with E-state index in [2.05, 4.69) is 22.3 Å². The van der Waals surface area contributed by atoms with E-state index in [1.54, 1.807) is 6.20 Å². The minimum atomic E-state index is -1.37. The molecule has 1 aromatic rings. The van der Waals surface area contributed by atoms with Crippen LogP contribution in [0.2, 0.25) is 0 Å². The Morgan fingerprint density at radius 3 is 2.50 bits per heavy atom. The van der Waals surface area contributed by atoms with Gasteiger partial charge in [-0.25, -0.2) is 0 Å². The number of rotatable bonds is 9. The molecule has 1 aliphatic heterocycles. The highest BCUT2D eigenvalue weighted by molar-refractivity contribution is 5.09. The van der Waals surface area contributed by atoms with Crippen molar-refractivity contribution >= 4 is 0 Å². The Morgan fingerprint density at radius 1 is 1.12 bits per heavy atom. The van der Waals surface area contributed by atoms with Crippen LogP contribution in [0.1, 0.15) is 57.1 Å². The summed E-state index contributed by atoms with van der Waals surface area (Å²) >= 11 is 0. The molecule has 1 aromatic heterocycles. The normalized spacial score (nSPS) is 32.0. The van der Waals surface area contributed by atoms with Gasteiger partial charge in [-0.3, -0.25) is 0 Å². The van der Waals surface area contributed by atoms with Crippen LogP contribution in [-0.4, -0.2) is 73.0 Å². The minimum absolute atomic E-state index is 0.267. The monoisotopic (exact) mass is 343 g/mol. The standard InChI is InChI=1S/C16H29N3O5/c1-2-3-4-5-6-7-10(11-8-17-19-18-11)16-15(23)14(22)13(21)12(9-20)24-16/h8,10,12-16,20-23H,2-7,9H2,1H3,(H,17,18,19)/t10?,12-,13-,14+,15-,16?/m1/s1. The van der Waals surface area contributed by atoms with Crippen LogP contribution in [0, 0.1) is 0 Å². The van der Waals surface area contributed by atoms with Gasteiger partial charge in [0.15, 0.2) is 0 Å². The maximum Gasteiger partial charge on any atom is 0.111 e. The Morgan fingerprint density at radius 2 is 1.88 bits per heavy atom. The third kappa shape index (κ3) is 4.52. The van der Waals surface area contributed by atoms with E-state index in [9.17, 15) is 20.4 Å². The van der Waals surface area contributed by atoms with Gasteiger partial charge in [0.25, 0.3) is 0 Å². The molecule has 138 valence electrons. The number of H-pyrrole nitrogens is 1. The van der Waals surface area contributed by atoms with E-state index < -0.39 is 37.1 Å². The van der Waals surface area contributed by atoms with E-state index >= 15 is 0 Å². The summed E-state index contributed by atoms with van der Waals surface area (Å²) in [6, 6.07) is 0. The molecular weight excluding hydrogens is 314 g/mol. The zero-order valence-corrected chi connectivity index (χ0v) is 14.1. The lowest BCUT2D eigenvalue weighted by atomic mass is 9.83. The van der Waals surface area contributed by atoms with Crippen LogP contribution >= 0.6 is 0 Å². The number of nitrogens with zero attached hydrogens (tertiary/aromatic N) is 2. The lowest BCUT2D eigenvalue weighted by Crippen LogP contribution is -2.59. The summed E-state index contributed by atoms with van der Waals surface area (Å²) < 4.78 is 5.70. The maximum absolute atomic E-state index is 10.4. The van der Waals surface area contributed by atoms with Crippen molar-refractivity contribution in [2.75, 3.05) is 6.61 Å². The van der Waals surface area contributed by atoms with Crippen molar-refractivity contribution in [3.05, 3.63) is 11.9 Å². The van der Waals surface area contributed by atoms with Crippen molar-refractivity contribution in [3.8, 4) is 0 Å². The maximum atomic E-state index is 10.4.